The molecule has 0 aliphatic heterocycles. The second-order valence-corrected chi connectivity index (χ2v) is 7.97. The zero-order chi connectivity index (χ0) is 26.0. The molecule has 0 saturated heterocycles. The monoisotopic (exact) mass is 517 g/mol. The molecule has 0 unspecified atom stereocenters. The highest BCUT2D eigenvalue weighted by atomic mass is 35.5. The molecule has 12 heteroatoms. The fourth-order valence-corrected chi connectivity index (χ4v) is 3.49. The van der Waals surface area contributed by atoms with Gasteiger partial charge in [-0.15, -0.1) is 0 Å². The Bertz CT molecular complexity index is 1480. The first kappa shape index (κ1) is 24.9. The summed E-state index contributed by atoms with van der Waals surface area (Å²) in [6.07, 6.45) is -0.938. The molecule has 0 radical (unpaired) electrons. The van der Waals surface area contributed by atoms with E-state index in [-0.39, 0.29) is 22.5 Å². The zero-order valence-corrected chi connectivity index (χ0v) is 19.1. The van der Waals surface area contributed by atoms with Crippen LogP contribution in [-0.2, 0) is 11.0 Å². The Kier molecular flexibility index (Phi) is 6.75. The maximum Gasteiger partial charge on any atom is 0.435 e. The lowest BCUT2D eigenvalue weighted by atomic mass is 10.0. The number of nitrogens with one attached hydrogen (secondary N) is 1. The predicted molar refractivity (Wildman–Crippen MR) is 126 cm³/mol. The van der Waals surface area contributed by atoms with Gasteiger partial charge in [0.2, 0.25) is 5.95 Å². The van der Waals surface area contributed by atoms with Gasteiger partial charge in [-0.2, -0.15) is 23.3 Å². The molecule has 2 aromatic carbocycles. The number of carbonyl (C=O) groups is 1. The summed E-state index contributed by atoms with van der Waals surface area (Å²) in [6, 6.07) is 11.4. The van der Waals surface area contributed by atoms with Crippen LogP contribution in [0.25, 0.3) is 23.0 Å². The summed E-state index contributed by atoms with van der Waals surface area (Å²) in [5.41, 5.74) is 0.814. The Morgan fingerprint density at radius 3 is 2.61 bits per heavy atom. The van der Waals surface area contributed by atoms with Crippen molar-refractivity contribution in [2.45, 2.75) is 13.1 Å². The van der Waals surface area contributed by atoms with Gasteiger partial charge in [0, 0.05) is 29.2 Å². The number of anilines is 2. The molecule has 0 aliphatic rings. The van der Waals surface area contributed by atoms with Crippen molar-refractivity contribution < 1.29 is 27.5 Å². The molecule has 0 fully saturated rings. The number of carboxylic acids is 1. The minimum absolute atomic E-state index is 0.00168. The lowest BCUT2D eigenvalue weighted by Gasteiger charge is -2.13. The van der Waals surface area contributed by atoms with Gasteiger partial charge in [0.25, 0.3) is 0 Å². The highest BCUT2D eigenvalue weighted by Gasteiger charge is 2.35. The summed E-state index contributed by atoms with van der Waals surface area (Å²) < 4.78 is 54.6. The highest BCUT2D eigenvalue weighted by Crippen LogP contribution is 2.32. The maximum absolute atomic E-state index is 13.5. The van der Waals surface area contributed by atoms with Crippen LogP contribution in [0.3, 0.4) is 0 Å². The number of carboxylic acid groups (broad SMARTS) is 1. The second-order valence-electron chi connectivity index (χ2n) is 7.56. The Morgan fingerprint density at radius 2 is 1.94 bits per heavy atom. The Morgan fingerprint density at radius 1 is 1.17 bits per heavy atom. The van der Waals surface area contributed by atoms with E-state index in [1.165, 1.54) is 31.3 Å². The Labute approximate surface area is 206 Å². The van der Waals surface area contributed by atoms with E-state index in [2.05, 4.69) is 20.4 Å². The number of rotatable bonds is 6. The molecule has 36 heavy (non-hydrogen) atoms. The third-order valence-corrected chi connectivity index (χ3v) is 5.23. The molecule has 2 N–H and O–H groups in total. The fraction of sp³-hybridized carbons (Fsp3) is 0.0833. The first-order valence-electron chi connectivity index (χ1n) is 10.3. The van der Waals surface area contributed by atoms with E-state index in [1.807, 2.05) is 0 Å². The van der Waals surface area contributed by atoms with Crippen LogP contribution in [0.15, 0.2) is 60.8 Å². The standard InChI is InChI=1S/C24H16ClF4N5O2/c1-13-9-20(24(27,28)29)33-34(13)22-17(15-4-2-3-14(10-15)5-8-21(35)36)12-30-23(32-22)31-16-6-7-19(26)18(25)11-16/h2-12H,1H3,(H,35,36)(H,30,31,32)/b8-5+. The molecule has 184 valence electrons. The van der Waals surface area contributed by atoms with Gasteiger partial charge in [-0.25, -0.2) is 18.9 Å². The van der Waals surface area contributed by atoms with Crippen molar-refractivity contribution >= 4 is 35.3 Å². The van der Waals surface area contributed by atoms with Crippen LogP contribution < -0.4 is 5.32 Å². The van der Waals surface area contributed by atoms with E-state index in [1.54, 1.807) is 24.3 Å². The molecule has 0 saturated carbocycles. The van der Waals surface area contributed by atoms with Gasteiger partial charge >= 0.3 is 12.1 Å². The van der Waals surface area contributed by atoms with Crippen molar-refractivity contribution in [1.82, 2.24) is 19.7 Å². The van der Waals surface area contributed by atoms with E-state index in [4.69, 9.17) is 16.7 Å². The number of alkyl halides is 3. The molecule has 2 heterocycles. The predicted octanol–water partition coefficient (Wildman–Crippen LogP) is 6.29. The molecule has 0 spiro atoms. The summed E-state index contributed by atoms with van der Waals surface area (Å²) in [4.78, 5) is 19.5. The van der Waals surface area contributed by atoms with E-state index in [0.717, 1.165) is 22.9 Å². The normalized spacial score (nSPS) is 11.7. The number of hydrogen-bond acceptors (Lipinski definition) is 5. The second kappa shape index (κ2) is 9.78. The molecular formula is C24H16ClF4N5O2. The summed E-state index contributed by atoms with van der Waals surface area (Å²) >= 11 is 5.82. The topological polar surface area (TPSA) is 92.9 Å². The summed E-state index contributed by atoms with van der Waals surface area (Å²) in [5.74, 6) is -1.72. The molecule has 4 aromatic rings. The van der Waals surface area contributed by atoms with Crippen LogP contribution in [-0.4, -0.2) is 30.8 Å². The van der Waals surface area contributed by atoms with Gasteiger partial charge in [-0.1, -0.05) is 29.8 Å². The fourth-order valence-electron chi connectivity index (χ4n) is 3.31. The number of aryl methyl sites for hydroxylation is 1. The highest BCUT2D eigenvalue weighted by molar-refractivity contribution is 6.31. The average Bonchev–Trinajstić information content (AvgIpc) is 3.22. The molecule has 4 rings (SSSR count). The minimum atomic E-state index is -4.67. The first-order chi connectivity index (χ1) is 17.0. The van der Waals surface area contributed by atoms with E-state index < -0.39 is 23.7 Å². The van der Waals surface area contributed by atoms with Crippen LogP contribution in [0, 0.1) is 12.7 Å². The summed E-state index contributed by atoms with van der Waals surface area (Å²) in [6.45, 7) is 1.45. The SMILES string of the molecule is Cc1cc(C(F)(F)F)nn1-c1nc(Nc2ccc(F)c(Cl)c2)ncc1-c1cccc(/C=C/C(=O)O)c1. The number of aliphatic carboxylic acids is 1. The largest absolute Gasteiger partial charge is 0.478 e. The third-order valence-electron chi connectivity index (χ3n) is 4.94. The van der Waals surface area contributed by atoms with Crippen molar-refractivity contribution in [2.75, 3.05) is 5.32 Å². The maximum atomic E-state index is 13.5. The van der Waals surface area contributed by atoms with Crippen LogP contribution in [0.1, 0.15) is 17.0 Å². The van der Waals surface area contributed by atoms with E-state index >= 15 is 0 Å². The van der Waals surface area contributed by atoms with Gasteiger partial charge in [0.1, 0.15) is 5.82 Å². The first-order valence-corrected chi connectivity index (χ1v) is 10.6. The molecule has 2 aromatic heterocycles. The minimum Gasteiger partial charge on any atom is -0.478 e. The number of benzene rings is 2. The van der Waals surface area contributed by atoms with Crippen LogP contribution in [0.2, 0.25) is 5.02 Å². The molecule has 0 bridgehead atoms. The zero-order valence-electron chi connectivity index (χ0n) is 18.4. The number of halogens is 5. The van der Waals surface area contributed by atoms with Crippen molar-refractivity contribution in [3.63, 3.8) is 0 Å². The van der Waals surface area contributed by atoms with Gasteiger partial charge in [-0.3, -0.25) is 0 Å². The molecule has 7 nitrogen and oxygen atoms in total. The van der Waals surface area contributed by atoms with E-state index in [9.17, 15) is 22.4 Å². The van der Waals surface area contributed by atoms with Gasteiger partial charge in [0.15, 0.2) is 11.5 Å². The van der Waals surface area contributed by atoms with Crippen molar-refractivity contribution in [2.24, 2.45) is 0 Å². The number of aromatic nitrogens is 4. The van der Waals surface area contributed by atoms with Crippen LogP contribution in [0.4, 0.5) is 29.2 Å². The van der Waals surface area contributed by atoms with Gasteiger partial charge < -0.3 is 10.4 Å². The molecular weight excluding hydrogens is 502 g/mol. The number of hydrogen-bond donors (Lipinski definition) is 2. The van der Waals surface area contributed by atoms with Crippen molar-refractivity contribution in [3.8, 4) is 16.9 Å². The van der Waals surface area contributed by atoms with Crippen LogP contribution in [0.5, 0.6) is 0 Å². The molecule has 0 atom stereocenters. The van der Waals surface area contributed by atoms with Gasteiger partial charge in [0.05, 0.1) is 5.02 Å². The summed E-state index contributed by atoms with van der Waals surface area (Å²) in [7, 11) is 0. The van der Waals surface area contributed by atoms with E-state index in [0.29, 0.717) is 22.4 Å². The third kappa shape index (κ3) is 5.52. The Balaban J connectivity index is 1.84. The smallest absolute Gasteiger partial charge is 0.435 e. The van der Waals surface area contributed by atoms with Gasteiger partial charge in [-0.05, 0) is 54.5 Å². The lowest BCUT2D eigenvalue weighted by molar-refractivity contribution is -0.141. The van der Waals surface area contributed by atoms with Crippen LogP contribution >= 0.6 is 11.6 Å². The Hall–Kier alpha value is -4.25. The molecule has 0 amide bonds. The quantitative estimate of drug-likeness (QED) is 0.231. The van der Waals surface area contributed by atoms with Crippen molar-refractivity contribution in [1.29, 1.82) is 0 Å². The van der Waals surface area contributed by atoms with Crippen molar-refractivity contribution in [3.05, 3.63) is 88.6 Å². The average molecular weight is 518 g/mol. The summed E-state index contributed by atoms with van der Waals surface area (Å²) in [5, 5.41) is 15.3. The lowest BCUT2D eigenvalue weighted by Crippen LogP contribution is -2.10. The number of nitrogens with zero attached hydrogens (tertiary/aromatic N) is 4. The molecule has 0 aliphatic carbocycles.